The summed E-state index contributed by atoms with van der Waals surface area (Å²) in [6.07, 6.45) is -5.42. The van der Waals surface area contributed by atoms with Gasteiger partial charge < -0.3 is 10.2 Å². The van der Waals surface area contributed by atoms with E-state index in [4.69, 9.17) is 0 Å². The van der Waals surface area contributed by atoms with Crippen molar-refractivity contribution in [3.05, 3.63) is 48.0 Å². The van der Waals surface area contributed by atoms with Gasteiger partial charge in [0.25, 0.3) is 0 Å². The van der Waals surface area contributed by atoms with Crippen molar-refractivity contribution >= 4 is 6.03 Å². The molecule has 1 aliphatic rings. The number of hydrogen-bond donors (Lipinski definition) is 1. The average molecular weight is 408 g/mol. The van der Waals surface area contributed by atoms with Gasteiger partial charge in [-0.05, 0) is 37.7 Å². The minimum absolute atomic E-state index is 0.0255. The molecule has 0 saturated carbocycles. The van der Waals surface area contributed by atoms with Crippen LogP contribution in [0.25, 0.3) is 0 Å². The Morgan fingerprint density at radius 1 is 1.07 bits per heavy atom. The van der Waals surface area contributed by atoms with Crippen molar-refractivity contribution in [2.24, 2.45) is 5.92 Å². The molecule has 0 saturated heterocycles. The van der Waals surface area contributed by atoms with Crippen LogP contribution in [0.3, 0.4) is 0 Å². The second-order valence-electron chi connectivity index (χ2n) is 7.07. The van der Waals surface area contributed by atoms with Gasteiger partial charge in [-0.15, -0.1) is 0 Å². The number of amides is 2. The molecule has 3 nitrogen and oxygen atoms in total. The summed E-state index contributed by atoms with van der Waals surface area (Å²) in [4.78, 5) is 13.5. The Hall–Kier alpha value is -2.19. The summed E-state index contributed by atoms with van der Waals surface area (Å²) in [5, 5.41) is 1.20. The van der Waals surface area contributed by atoms with E-state index in [0.717, 1.165) is 11.3 Å². The van der Waals surface area contributed by atoms with Crippen molar-refractivity contribution in [1.82, 2.24) is 10.2 Å². The van der Waals surface area contributed by atoms with E-state index in [0.29, 0.717) is 18.4 Å². The van der Waals surface area contributed by atoms with Crippen molar-refractivity contribution in [1.29, 1.82) is 0 Å². The predicted octanol–water partition coefficient (Wildman–Crippen LogP) is 5.44. The fourth-order valence-corrected chi connectivity index (χ4v) is 2.95. The van der Waals surface area contributed by atoms with Crippen LogP contribution in [0.5, 0.6) is 0 Å². The number of carbonyl (C=O) groups excluding carboxylic acids is 1. The van der Waals surface area contributed by atoms with E-state index in [1.165, 1.54) is 5.32 Å². The van der Waals surface area contributed by atoms with Crippen LogP contribution in [0.15, 0.2) is 42.5 Å². The minimum Gasteiger partial charge on any atom is -0.320 e. The van der Waals surface area contributed by atoms with Crippen molar-refractivity contribution in [2.45, 2.75) is 50.6 Å². The van der Waals surface area contributed by atoms with E-state index >= 15 is 0 Å². The van der Waals surface area contributed by atoms with E-state index in [1.807, 2.05) is 12.2 Å². The molecule has 156 valence electrons. The summed E-state index contributed by atoms with van der Waals surface area (Å²) in [6.45, 7) is -0.0789. The Morgan fingerprint density at radius 2 is 1.68 bits per heavy atom. The monoisotopic (exact) mass is 408 g/mol. The van der Waals surface area contributed by atoms with E-state index in [1.54, 1.807) is 30.3 Å². The van der Waals surface area contributed by atoms with Crippen LogP contribution in [-0.4, -0.2) is 35.4 Å². The molecule has 0 heterocycles. The third kappa shape index (κ3) is 5.20. The molecule has 0 aromatic heterocycles. The molecule has 0 unspecified atom stereocenters. The van der Waals surface area contributed by atoms with Gasteiger partial charge in [-0.1, -0.05) is 42.5 Å². The predicted molar refractivity (Wildman–Crippen MR) is 92.4 cm³/mol. The molecule has 1 atom stereocenters. The minimum atomic E-state index is -5.69. The molecule has 1 aromatic carbocycles. The highest BCUT2D eigenvalue weighted by Gasteiger charge is 2.68. The molecule has 1 aromatic rings. The van der Waals surface area contributed by atoms with Crippen LogP contribution in [0, 0.1) is 5.92 Å². The number of halogens is 6. The highest BCUT2D eigenvalue weighted by atomic mass is 19.4. The molecule has 0 bridgehead atoms. The van der Waals surface area contributed by atoms with E-state index in [2.05, 4.69) is 0 Å². The van der Waals surface area contributed by atoms with Gasteiger partial charge in [-0.3, -0.25) is 0 Å². The number of allylic oxidation sites excluding steroid dienone is 2. The normalized spacial score (nSPS) is 18.0. The number of carbonyl (C=O) groups is 1. The summed E-state index contributed by atoms with van der Waals surface area (Å²) < 4.78 is 78.9. The number of hydrogen-bond acceptors (Lipinski definition) is 1. The average Bonchev–Trinajstić information content (AvgIpc) is 2.61. The van der Waals surface area contributed by atoms with Gasteiger partial charge in [0.05, 0.1) is 0 Å². The summed E-state index contributed by atoms with van der Waals surface area (Å²) >= 11 is 0. The smallest absolute Gasteiger partial charge is 0.320 e. The number of nitrogens with zero attached hydrogens (tertiary/aromatic N) is 1. The van der Waals surface area contributed by atoms with Gasteiger partial charge in [0.2, 0.25) is 5.54 Å². The highest BCUT2D eigenvalue weighted by Crippen LogP contribution is 2.42. The Balaban J connectivity index is 2.24. The maximum Gasteiger partial charge on any atom is 0.420 e. The summed E-state index contributed by atoms with van der Waals surface area (Å²) in [5.74, 6) is -0.0255. The summed E-state index contributed by atoms with van der Waals surface area (Å²) in [7, 11) is 0. The van der Waals surface area contributed by atoms with E-state index in [9.17, 15) is 31.1 Å². The van der Waals surface area contributed by atoms with Crippen molar-refractivity contribution in [3.63, 3.8) is 0 Å². The van der Waals surface area contributed by atoms with Crippen molar-refractivity contribution in [3.8, 4) is 0 Å². The molecule has 28 heavy (non-hydrogen) atoms. The summed E-state index contributed by atoms with van der Waals surface area (Å²) in [6, 6.07) is 7.02. The van der Waals surface area contributed by atoms with Crippen LogP contribution in [-0.2, 0) is 6.54 Å². The highest BCUT2D eigenvalue weighted by molar-refractivity contribution is 5.75. The third-order valence-electron chi connectivity index (χ3n) is 4.85. The quantitative estimate of drug-likeness (QED) is 0.511. The van der Waals surface area contributed by atoms with Crippen LogP contribution < -0.4 is 5.32 Å². The molecular formula is C19H22F6N2O. The standard InChI is InChI=1S/C19H22F6N2O/c1-17(18(20,21)22,19(23,24)25)26-16(28)27(12-14-8-4-2-5-9-14)13-15-10-6-3-7-11-15/h2-6,8-9,15H,7,10-13H2,1H3,(H,26,28)/t15-/m1/s1. The molecule has 9 heteroatoms. The number of benzene rings is 1. The van der Waals surface area contributed by atoms with Gasteiger partial charge in [-0.25, -0.2) is 4.79 Å². The maximum atomic E-state index is 13.1. The lowest BCUT2D eigenvalue weighted by atomic mass is 9.93. The molecule has 0 fully saturated rings. The zero-order valence-corrected chi connectivity index (χ0v) is 15.3. The first-order chi connectivity index (χ1) is 12.9. The molecule has 0 spiro atoms. The van der Waals surface area contributed by atoms with Crippen LogP contribution in [0.4, 0.5) is 31.1 Å². The lowest BCUT2D eigenvalue weighted by molar-refractivity contribution is -0.298. The fourth-order valence-electron chi connectivity index (χ4n) is 2.95. The first-order valence-corrected chi connectivity index (χ1v) is 8.83. The molecule has 2 rings (SSSR count). The van der Waals surface area contributed by atoms with Gasteiger partial charge in [0.1, 0.15) is 0 Å². The first kappa shape index (κ1) is 22.1. The van der Waals surface area contributed by atoms with Crippen LogP contribution in [0.1, 0.15) is 31.7 Å². The SMILES string of the molecule is CC(NC(=O)N(Cc1ccccc1)C[C@@H]1CC=CCC1)(C(F)(F)F)C(F)(F)F. The molecular weight excluding hydrogens is 386 g/mol. The lowest BCUT2D eigenvalue weighted by Crippen LogP contribution is -2.67. The number of urea groups is 1. The first-order valence-electron chi connectivity index (χ1n) is 8.83. The van der Waals surface area contributed by atoms with Crippen molar-refractivity contribution in [2.75, 3.05) is 6.54 Å². The second kappa shape index (κ2) is 8.45. The number of alkyl halides is 6. The van der Waals surface area contributed by atoms with E-state index in [-0.39, 0.29) is 25.9 Å². The largest absolute Gasteiger partial charge is 0.420 e. The summed E-state index contributed by atoms with van der Waals surface area (Å²) in [5.41, 5.74) is -3.72. The van der Waals surface area contributed by atoms with Crippen LogP contribution in [0.2, 0.25) is 0 Å². The third-order valence-corrected chi connectivity index (χ3v) is 4.85. The number of rotatable bonds is 5. The van der Waals surface area contributed by atoms with Gasteiger partial charge in [0.15, 0.2) is 0 Å². The van der Waals surface area contributed by atoms with Gasteiger partial charge >= 0.3 is 18.4 Å². The number of nitrogens with one attached hydrogen (secondary N) is 1. The van der Waals surface area contributed by atoms with Crippen molar-refractivity contribution < 1.29 is 31.1 Å². The fraction of sp³-hybridized carbons (Fsp3) is 0.526. The Labute approximate surface area is 159 Å². The van der Waals surface area contributed by atoms with E-state index < -0.39 is 23.9 Å². The molecule has 1 aliphatic carbocycles. The molecule has 2 amide bonds. The lowest BCUT2D eigenvalue weighted by Gasteiger charge is -2.37. The zero-order chi connectivity index (χ0) is 21.0. The second-order valence-corrected chi connectivity index (χ2v) is 7.07. The Morgan fingerprint density at radius 3 is 2.18 bits per heavy atom. The molecule has 0 radical (unpaired) electrons. The zero-order valence-electron chi connectivity index (χ0n) is 15.3. The molecule has 1 N–H and O–H groups in total. The topological polar surface area (TPSA) is 32.3 Å². The Kier molecular flexibility index (Phi) is 6.67. The Bertz CT molecular complexity index is 670. The molecule has 0 aliphatic heterocycles. The van der Waals surface area contributed by atoms with Crippen LogP contribution >= 0.6 is 0 Å². The van der Waals surface area contributed by atoms with Gasteiger partial charge in [-0.2, -0.15) is 26.3 Å². The maximum absolute atomic E-state index is 13.1. The van der Waals surface area contributed by atoms with Gasteiger partial charge in [0, 0.05) is 13.1 Å².